The van der Waals surface area contributed by atoms with Crippen LogP contribution in [0.5, 0.6) is 0 Å². The van der Waals surface area contributed by atoms with Gasteiger partial charge in [0.2, 0.25) is 0 Å². The first-order chi connectivity index (χ1) is 7.34. The van der Waals surface area contributed by atoms with E-state index in [1.165, 1.54) is 5.56 Å². The summed E-state index contributed by atoms with van der Waals surface area (Å²) in [4.78, 5) is 0. The van der Waals surface area contributed by atoms with Crippen LogP contribution in [-0.4, -0.2) is 24.9 Å². The highest BCUT2D eigenvalue weighted by Gasteiger charge is 2.46. The van der Waals surface area contributed by atoms with Gasteiger partial charge in [0.15, 0.2) is 0 Å². The Bertz CT molecular complexity index is 336. The van der Waals surface area contributed by atoms with E-state index in [1.54, 1.807) is 0 Å². The molecule has 0 bridgehead atoms. The van der Waals surface area contributed by atoms with Crippen molar-refractivity contribution in [3.05, 3.63) is 35.9 Å². The van der Waals surface area contributed by atoms with Gasteiger partial charge < -0.3 is 9.47 Å². The number of ether oxygens (including phenoxy) is 2. The molecule has 2 fully saturated rings. The van der Waals surface area contributed by atoms with Gasteiger partial charge in [-0.05, 0) is 5.56 Å². The van der Waals surface area contributed by atoms with Gasteiger partial charge in [-0.25, -0.2) is 0 Å². The van der Waals surface area contributed by atoms with Crippen LogP contribution in [0.15, 0.2) is 30.3 Å². The molecule has 80 valence electrons. The second kappa shape index (κ2) is 3.62. The SMILES string of the molecule is C[C@H](c1ccccc1)[C@H]1CC2O[C@H]2CO1. The Labute approximate surface area is 90.2 Å². The van der Waals surface area contributed by atoms with Crippen LogP contribution in [0.3, 0.4) is 0 Å². The molecule has 1 unspecified atom stereocenters. The quantitative estimate of drug-likeness (QED) is 0.690. The van der Waals surface area contributed by atoms with E-state index in [0.29, 0.717) is 24.2 Å². The molecule has 0 aromatic heterocycles. The lowest BCUT2D eigenvalue weighted by Gasteiger charge is -2.26. The molecular weight excluding hydrogens is 188 g/mol. The van der Waals surface area contributed by atoms with Crippen molar-refractivity contribution in [1.82, 2.24) is 0 Å². The van der Waals surface area contributed by atoms with E-state index in [9.17, 15) is 0 Å². The molecule has 2 saturated heterocycles. The average Bonchev–Trinajstić information content (AvgIpc) is 3.07. The van der Waals surface area contributed by atoms with Crippen LogP contribution >= 0.6 is 0 Å². The molecule has 3 rings (SSSR count). The Morgan fingerprint density at radius 2 is 2.00 bits per heavy atom. The summed E-state index contributed by atoms with van der Waals surface area (Å²) in [6.07, 6.45) is 2.27. The van der Waals surface area contributed by atoms with Gasteiger partial charge in [0, 0.05) is 12.3 Å². The Kier molecular flexibility index (Phi) is 2.26. The first-order valence-electron chi connectivity index (χ1n) is 5.66. The van der Waals surface area contributed by atoms with Gasteiger partial charge in [-0.15, -0.1) is 0 Å². The smallest absolute Gasteiger partial charge is 0.108 e. The minimum Gasteiger partial charge on any atom is -0.375 e. The van der Waals surface area contributed by atoms with Gasteiger partial charge in [0.25, 0.3) is 0 Å². The second-order valence-electron chi connectivity index (χ2n) is 4.52. The maximum absolute atomic E-state index is 5.82. The van der Waals surface area contributed by atoms with Crippen molar-refractivity contribution in [2.75, 3.05) is 6.61 Å². The summed E-state index contributed by atoms with van der Waals surface area (Å²) in [6.45, 7) is 3.02. The molecule has 2 aliphatic heterocycles. The fourth-order valence-electron chi connectivity index (χ4n) is 2.37. The van der Waals surface area contributed by atoms with E-state index in [0.717, 1.165) is 13.0 Å². The van der Waals surface area contributed by atoms with Gasteiger partial charge >= 0.3 is 0 Å². The van der Waals surface area contributed by atoms with E-state index >= 15 is 0 Å². The average molecular weight is 204 g/mol. The maximum Gasteiger partial charge on any atom is 0.108 e. The third kappa shape index (κ3) is 1.80. The lowest BCUT2D eigenvalue weighted by molar-refractivity contribution is 0.0156. The number of epoxide rings is 1. The summed E-state index contributed by atoms with van der Waals surface area (Å²) in [5, 5.41) is 0. The summed E-state index contributed by atoms with van der Waals surface area (Å²) in [7, 11) is 0. The number of benzene rings is 1. The lowest BCUT2D eigenvalue weighted by atomic mass is 9.91. The Balaban J connectivity index is 1.71. The van der Waals surface area contributed by atoms with Crippen LogP contribution in [0.25, 0.3) is 0 Å². The molecule has 0 aliphatic carbocycles. The highest BCUT2D eigenvalue weighted by Crippen LogP contribution is 2.37. The highest BCUT2D eigenvalue weighted by molar-refractivity contribution is 5.20. The molecule has 4 atom stereocenters. The van der Waals surface area contributed by atoms with E-state index < -0.39 is 0 Å². The van der Waals surface area contributed by atoms with Crippen molar-refractivity contribution < 1.29 is 9.47 Å². The maximum atomic E-state index is 5.82. The Hall–Kier alpha value is -0.860. The van der Waals surface area contributed by atoms with Gasteiger partial charge in [-0.2, -0.15) is 0 Å². The number of rotatable bonds is 2. The largest absolute Gasteiger partial charge is 0.375 e. The minimum atomic E-state index is 0.330. The molecule has 2 heteroatoms. The van der Waals surface area contributed by atoms with Crippen molar-refractivity contribution in [2.45, 2.75) is 37.6 Å². The van der Waals surface area contributed by atoms with E-state index in [1.807, 2.05) is 0 Å². The number of hydrogen-bond acceptors (Lipinski definition) is 2. The standard InChI is InChI=1S/C13H16O2/c1-9(10-5-3-2-4-6-10)11-7-12-13(15-12)8-14-11/h2-6,9,11-13H,7-8H2,1H3/t9-,11-,12?,13+/m1/s1. The fourth-order valence-corrected chi connectivity index (χ4v) is 2.37. The van der Waals surface area contributed by atoms with Crippen molar-refractivity contribution in [1.29, 1.82) is 0 Å². The molecule has 15 heavy (non-hydrogen) atoms. The molecule has 2 aliphatic rings. The molecule has 2 nitrogen and oxygen atoms in total. The number of fused-ring (bicyclic) bond motifs is 1. The Morgan fingerprint density at radius 1 is 1.20 bits per heavy atom. The van der Waals surface area contributed by atoms with E-state index in [4.69, 9.17) is 9.47 Å². The molecule has 0 amide bonds. The van der Waals surface area contributed by atoms with Crippen LogP contribution in [-0.2, 0) is 9.47 Å². The normalized spacial score (nSPS) is 35.7. The van der Waals surface area contributed by atoms with Crippen LogP contribution in [0.1, 0.15) is 24.8 Å². The van der Waals surface area contributed by atoms with Crippen molar-refractivity contribution in [3.8, 4) is 0 Å². The summed E-state index contributed by atoms with van der Waals surface area (Å²) in [5.41, 5.74) is 1.36. The van der Waals surface area contributed by atoms with Crippen molar-refractivity contribution >= 4 is 0 Å². The van der Waals surface area contributed by atoms with Crippen LogP contribution in [0.2, 0.25) is 0 Å². The fraction of sp³-hybridized carbons (Fsp3) is 0.538. The van der Waals surface area contributed by atoms with Crippen LogP contribution in [0.4, 0.5) is 0 Å². The molecule has 0 spiro atoms. The second-order valence-corrected chi connectivity index (χ2v) is 4.52. The molecule has 0 radical (unpaired) electrons. The predicted octanol–water partition coefficient (Wildman–Crippen LogP) is 2.35. The summed E-state index contributed by atoms with van der Waals surface area (Å²) in [5.74, 6) is 0.469. The molecule has 1 aromatic carbocycles. The molecule has 0 saturated carbocycles. The summed E-state index contributed by atoms with van der Waals surface area (Å²) < 4.78 is 11.3. The van der Waals surface area contributed by atoms with Gasteiger partial charge in [0.05, 0.1) is 18.8 Å². The van der Waals surface area contributed by atoms with Crippen LogP contribution in [0, 0.1) is 0 Å². The first-order valence-corrected chi connectivity index (χ1v) is 5.66. The zero-order valence-corrected chi connectivity index (χ0v) is 8.93. The third-order valence-corrected chi connectivity index (χ3v) is 3.51. The monoisotopic (exact) mass is 204 g/mol. The zero-order valence-electron chi connectivity index (χ0n) is 8.93. The van der Waals surface area contributed by atoms with Crippen molar-refractivity contribution in [3.63, 3.8) is 0 Å². The third-order valence-electron chi connectivity index (χ3n) is 3.51. The van der Waals surface area contributed by atoms with E-state index in [-0.39, 0.29) is 0 Å². The lowest BCUT2D eigenvalue weighted by Crippen LogP contribution is -2.29. The zero-order chi connectivity index (χ0) is 10.3. The highest BCUT2D eigenvalue weighted by atomic mass is 16.6. The molecule has 1 aromatic rings. The number of hydrogen-bond donors (Lipinski definition) is 0. The van der Waals surface area contributed by atoms with Gasteiger partial charge in [-0.1, -0.05) is 37.3 Å². The van der Waals surface area contributed by atoms with Gasteiger partial charge in [0.1, 0.15) is 6.10 Å². The Morgan fingerprint density at radius 3 is 2.73 bits per heavy atom. The molecule has 0 N–H and O–H groups in total. The van der Waals surface area contributed by atoms with Gasteiger partial charge in [-0.3, -0.25) is 0 Å². The first kappa shape index (κ1) is 9.37. The summed E-state index contributed by atoms with van der Waals surface area (Å²) >= 11 is 0. The van der Waals surface area contributed by atoms with Crippen LogP contribution < -0.4 is 0 Å². The molecular formula is C13H16O2. The van der Waals surface area contributed by atoms with Crippen molar-refractivity contribution in [2.24, 2.45) is 0 Å². The topological polar surface area (TPSA) is 21.8 Å². The van der Waals surface area contributed by atoms with E-state index in [2.05, 4.69) is 37.3 Å². The molecule has 2 heterocycles. The summed E-state index contributed by atoms with van der Waals surface area (Å²) in [6, 6.07) is 10.6. The predicted molar refractivity (Wildman–Crippen MR) is 57.9 cm³/mol. The minimum absolute atomic E-state index is 0.330.